The maximum atomic E-state index is 8.81. The fourth-order valence-electron chi connectivity index (χ4n) is 1.93. The Hall–Kier alpha value is -3.01. The zero-order valence-corrected chi connectivity index (χ0v) is 10.6. The lowest BCUT2D eigenvalue weighted by atomic mass is 10.2. The minimum absolute atomic E-state index is 0.407. The average Bonchev–Trinajstić information content (AvgIpc) is 2.96. The molecule has 0 bridgehead atoms. The van der Waals surface area contributed by atoms with Gasteiger partial charge in [0.15, 0.2) is 11.5 Å². The number of para-hydroxylation sites is 1. The Bertz CT molecular complexity index is 744. The predicted octanol–water partition coefficient (Wildman–Crippen LogP) is 1.57. The highest BCUT2D eigenvalue weighted by molar-refractivity contribution is 5.60. The van der Waals surface area contributed by atoms with Gasteiger partial charge in [0.1, 0.15) is 0 Å². The molecule has 0 aliphatic heterocycles. The molecular formula is C13H11N7. The molecule has 3 rings (SSSR count). The monoisotopic (exact) mass is 265 g/mol. The smallest absolute Gasteiger partial charge is 0.200 e. The Balaban J connectivity index is 2.01. The van der Waals surface area contributed by atoms with Gasteiger partial charge in [-0.2, -0.15) is 5.26 Å². The van der Waals surface area contributed by atoms with E-state index in [0.717, 1.165) is 5.69 Å². The Morgan fingerprint density at radius 3 is 2.80 bits per heavy atom. The van der Waals surface area contributed by atoms with Gasteiger partial charge in [-0.1, -0.05) is 18.2 Å². The molecule has 0 spiro atoms. The highest BCUT2D eigenvalue weighted by atomic mass is 15.6. The second-order valence-corrected chi connectivity index (χ2v) is 4.11. The standard InChI is InChI=1S/C13H11N7/c14-9-4-10-19(11-5-2-1-3-6-11)13-8-7-12-15-17-18-20(12)16-13/h1-3,5-8H,4,10H2. The lowest BCUT2D eigenvalue weighted by Crippen LogP contribution is -2.20. The maximum Gasteiger partial charge on any atom is 0.200 e. The van der Waals surface area contributed by atoms with Gasteiger partial charge in [0.05, 0.1) is 12.5 Å². The first-order valence-corrected chi connectivity index (χ1v) is 6.13. The number of benzene rings is 1. The number of rotatable bonds is 4. The van der Waals surface area contributed by atoms with Crippen LogP contribution >= 0.6 is 0 Å². The summed E-state index contributed by atoms with van der Waals surface area (Å²) in [6.07, 6.45) is 0.407. The van der Waals surface area contributed by atoms with Crippen molar-refractivity contribution >= 4 is 17.2 Å². The predicted molar refractivity (Wildman–Crippen MR) is 72.3 cm³/mol. The SMILES string of the molecule is N#CCCN(c1ccccc1)c1ccc2nnnn2n1. The summed E-state index contributed by atoms with van der Waals surface area (Å²) in [7, 11) is 0. The van der Waals surface area contributed by atoms with Crippen LogP contribution in [0.3, 0.4) is 0 Å². The third kappa shape index (κ3) is 2.27. The van der Waals surface area contributed by atoms with Crippen LogP contribution in [0.1, 0.15) is 6.42 Å². The zero-order chi connectivity index (χ0) is 13.8. The number of hydrogen-bond acceptors (Lipinski definition) is 6. The number of hydrogen-bond donors (Lipinski definition) is 0. The third-order valence-electron chi connectivity index (χ3n) is 2.85. The molecule has 20 heavy (non-hydrogen) atoms. The summed E-state index contributed by atoms with van der Waals surface area (Å²) in [5, 5.41) is 24.4. The molecule has 7 heteroatoms. The first-order chi connectivity index (χ1) is 9.88. The van der Waals surface area contributed by atoms with Crippen molar-refractivity contribution in [3.05, 3.63) is 42.5 Å². The Morgan fingerprint density at radius 2 is 2.00 bits per heavy atom. The van der Waals surface area contributed by atoms with Gasteiger partial charge in [0.2, 0.25) is 0 Å². The molecule has 0 fully saturated rings. The van der Waals surface area contributed by atoms with Crippen molar-refractivity contribution in [1.82, 2.24) is 25.3 Å². The van der Waals surface area contributed by atoms with E-state index in [9.17, 15) is 0 Å². The van der Waals surface area contributed by atoms with E-state index < -0.39 is 0 Å². The van der Waals surface area contributed by atoms with E-state index in [1.54, 1.807) is 6.07 Å². The number of nitriles is 1. The largest absolute Gasteiger partial charge is 0.324 e. The topological polar surface area (TPSA) is 83.0 Å². The van der Waals surface area contributed by atoms with Crippen LogP contribution in [-0.4, -0.2) is 31.8 Å². The van der Waals surface area contributed by atoms with Crippen LogP contribution in [-0.2, 0) is 0 Å². The summed E-state index contributed by atoms with van der Waals surface area (Å²) in [5.74, 6) is 0.700. The van der Waals surface area contributed by atoms with Gasteiger partial charge in [0, 0.05) is 12.2 Å². The fourth-order valence-corrected chi connectivity index (χ4v) is 1.93. The summed E-state index contributed by atoms with van der Waals surface area (Å²) in [5.41, 5.74) is 1.56. The van der Waals surface area contributed by atoms with Gasteiger partial charge in [-0.3, -0.25) is 0 Å². The molecule has 0 saturated carbocycles. The van der Waals surface area contributed by atoms with Crippen LogP contribution in [0.4, 0.5) is 11.5 Å². The third-order valence-corrected chi connectivity index (χ3v) is 2.85. The molecule has 0 aliphatic carbocycles. The molecule has 1 aromatic carbocycles. The quantitative estimate of drug-likeness (QED) is 0.712. The van der Waals surface area contributed by atoms with Gasteiger partial charge in [-0.15, -0.1) is 14.8 Å². The van der Waals surface area contributed by atoms with Crippen LogP contribution in [0.2, 0.25) is 0 Å². The highest BCUT2D eigenvalue weighted by Gasteiger charge is 2.11. The van der Waals surface area contributed by atoms with Crippen molar-refractivity contribution in [2.24, 2.45) is 0 Å². The number of anilines is 2. The van der Waals surface area contributed by atoms with Crippen molar-refractivity contribution < 1.29 is 0 Å². The fraction of sp³-hybridized carbons (Fsp3) is 0.154. The molecule has 3 aromatic rings. The summed E-state index contributed by atoms with van der Waals surface area (Å²) in [4.78, 5) is 1.96. The normalized spacial score (nSPS) is 10.3. The van der Waals surface area contributed by atoms with E-state index in [0.29, 0.717) is 24.4 Å². The Kier molecular flexibility index (Phi) is 3.20. The minimum Gasteiger partial charge on any atom is -0.324 e. The summed E-state index contributed by atoms with van der Waals surface area (Å²) in [6, 6.07) is 15.6. The molecule has 0 saturated heterocycles. The lowest BCUT2D eigenvalue weighted by Gasteiger charge is -2.22. The molecular weight excluding hydrogens is 254 g/mol. The van der Waals surface area contributed by atoms with Crippen molar-refractivity contribution in [1.29, 1.82) is 5.26 Å². The number of aromatic nitrogens is 5. The average molecular weight is 265 g/mol. The number of fused-ring (bicyclic) bond motifs is 1. The van der Waals surface area contributed by atoms with E-state index >= 15 is 0 Å². The van der Waals surface area contributed by atoms with Gasteiger partial charge in [-0.25, -0.2) is 0 Å². The molecule has 2 aromatic heterocycles. The maximum absolute atomic E-state index is 8.81. The van der Waals surface area contributed by atoms with Gasteiger partial charge in [0.25, 0.3) is 0 Å². The molecule has 98 valence electrons. The van der Waals surface area contributed by atoms with Crippen LogP contribution < -0.4 is 4.90 Å². The molecule has 0 aliphatic rings. The number of nitrogens with zero attached hydrogens (tertiary/aromatic N) is 7. The summed E-state index contributed by atoms with van der Waals surface area (Å²) < 4.78 is 1.37. The van der Waals surface area contributed by atoms with Crippen LogP contribution in [0.25, 0.3) is 5.65 Å². The first-order valence-electron chi connectivity index (χ1n) is 6.13. The number of tetrazole rings is 1. The van der Waals surface area contributed by atoms with Gasteiger partial charge >= 0.3 is 0 Å². The minimum atomic E-state index is 0.407. The Labute approximate surface area is 115 Å². The molecule has 0 radical (unpaired) electrons. The van der Waals surface area contributed by atoms with E-state index in [2.05, 4.69) is 26.7 Å². The molecule has 0 atom stereocenters. The molecule has 0 N–H and O–H groups in total. The molecule has 0 unspecified atom stereocenters. The molecule has 7 nitrogen and oxygen atoms in total. The molecule has 2 heterocycles. The first kappa shape index (κ1) is 12.0. The van der Waals surface area contributed by atoms with Crippen LogP contribution in [0.5, 0.6) is 0 Å². The lowest BCUT2D eigenvalue weighted by molar-refractivity contribution is 0.725. The van der Waals surface area contributed by atoms with Crippen LogP contribution in [0, 0.1) is 11.3 Å². The van der Waals surface area contributed by atoms with E-state index in [-0.39, 0.29) is 0 Å². The highest BCUT2D eigenvalue weighted by Crippen LogP contribution is 2.23. The van der Waals surface area contributed by atoms with Crippen molar-refractivity contribution in [2.45, 2.75) is 6.42 Å². The van der Waals surface area contributed by atoms with E-state index in [4.69, 9.17) is 5.26 Å². The van der Waals surface area contributed by atoms with Crippen molar-refractivity contribution in [3.8, 4) is 6.07 Å². The zero-order valence-electron chi connectivity index (χ0n) is 10.6. The Morgan fingerprint density at radius 1 is 1.15 bits per heavy atom. The van der Waals surface area contributed by atoms with Gasteiger partial charge in [-0.05, 0) is 34.7 Å². The van der Waals surface area contributed by atoms with E-state index in [1.165, 1.54) is 4.63 Å². The summed E-state index contributed by atoms with van der Waals surface area (Å²) in [6.45, 7) is 0.557. The molecule has 0 amide bonds. The van der Waals surface area contributed by atoms with Crippen LogP contribution in [0.15, 0.2) is 42.5 Å². The van der Waals surface area contributed by atoms with Crippen molar-refractivity contribution in [3.63, 3.8) is 0 Å². The van der Waals surface area contributed by atoms with Gasteiger partial charge < -0.3 is 4.90 Å². The van der Waals surface area contributed by atoms with E-state index in [1.807, 2.05) is 41.3 Å². The second-order valence-electron chi connectivity index (χ2n) is 4.11. The summed E-state index contributed by atoms with van der Waals surface area (Å²) >= 11 is 0. The second kappa shape index (κ2) is 5.32. The van der Waals surface area contributed by atoms with Crippen molar-refractivity contribution in [2.75, 3.05) is 11.4 Å².